The first kappa shape index (κ1) is 15.8. The van der Waals surface area contributed by atoms with Gasteiger partial charge in [0.2, 0.25) is 0 Å². The van der Waals surface area contributed by atoms with Crippen LogP contribution in [0.25, 0.3) is 0 Å². The number of carbonyl (C=O) groups is 2. The molecule has 1 saturated heterocycles. The first-order valence-electron chi connectivity index (χ1n) is 8.22. The molecule has 5 nitrogen and oxygen atoms in total. The minimum absolute atomic E-state index is 0.0999. The van der Waals surface area contributed by atoms with Crippen LogP contribution in [0.1, 0.15) is 38.7 Å². The van der Waals surface area contributed by atoms with E-state index in [0.29, 0.717) is 12.5 Å². The van der Waals surface area contributed by atoms with Crippen molar-refractivity contribution in [2.24, 2.45) is 11.8 Å². The van der Waals surface area contributed by atoms with Crippen molar-refractivity contribution in [2.75, 3.05) is 7.11 Å². The van der Waals surface area contributed by atoms with Gasteiger partial charge < -0.3 is 10.1 Å². The zero-order valence-corrected chi connectivity index (χ0v) is 14.0. The Labute approximate surface area is 137 Å². The average molecular weight is 316 g/mol. The summed E-state index contributed by atoms with van der Waals surface area (Å²) in [5.41, 5.74) is 0.150. The van der Waals surface area contributed by atoms with Gasteiger partial charge in [0.05, 0.1) is 13.7 Å². The summed E-state index contributed by atoms with van der Waals surface area (Å²) in [5.74, 6) is 1.35. The fourth-order valence-electron chi connectivity index (χ4n) is 4.03. The third-order valence-corrected chi connectivity index (χ3v) is 5.40. The number of amides is 3. The molecular weight excluding hydrogens is 292 g/mol. The van der Waals surface area contributed by atoms with Crippen LogP contribution in [0.15, 0.2) is 24.3 Å². The molecule has 2 fully saturated rings. The minimum Gasteiger partial charge on any atom is -0.497 e. The van der Waals surface area contributed by atoms with E-state index in [1.165, 1.54) is 4.90 Å². The Morgan fingerprint density at radius 1 is 1.26 bits per heavy atom. The number of methoxy groups -OCH3 is 1. The number of ether oxygens (including phenoxy) is 1. The number of hydrogen-bond donors (Lipinski definition) is 1. The Morgan fingerprint density at radius 2 is 1.96 bits per heavy atom. The molecule has 2 aliphatic rings. The lowest BCUT2D eigenvalue weighted by molar-refractivity contribution is -0.133. The van der Waals surface area contributed by atoms with E-state index in [4.69, 9.17) is 4.74 Å². The van der Waals surface area contributed by atoms with Crippen molar-refractivity contribution in [3.8, 4) is 5.75 Å². The molecule has 1 aromatic rings. The SMILES string of the molecule is COc1ccc(CN2C(=O)NC(C)(C3CCCC3C)C2=O)cc1. The van der Waals surface area contributed by atoms with Crippen LogP contribution >= 0.6 is 0 Å². The molecule has 1 N–H and O–H groups in total. The molecule has 5 heteroatoms. The number of benzene rings is 1. The lowest BCUT2D eigenvalue weighted by atomic mass is 9.79. The molecule has 3 unspecified atom stereocenters. The van der Waals surface area contributed by atoms with Gasteiger partial charge in [0.25, 0.3) is 5.91 Å². The molecule has 1 heterocycles. The Bertz CT molecular complexity index is 613. The molecule has 0 spiro atoms. The van der Waals surface area contributed by atoms with Gasteiger partial charge in [-0.2, -0.15) is 0 Å². The van der Waals surface area contributed by atoms with Crippen molar-refractivity contribution >= 4 is 11.9 Å². The number of hydrogen-bond acceptors (Lipinski definition) is 3. The number of urea groups is 1. The van der Waals surface area contributed by atoms with Crippen LogP contribution in [0, 0.1) is 11.8 Å². The van der Waals surface area contributed by atoms with Crippen LogP contribution in [0.4, 0.5) is 4.79 Å². The summed E-state index contributed by atoms with van der Waals surface area (Å²) in [7, 11) is 1.61. The van der Waals surface area contributed by atoms with Crippen LogP contribution in [0.2, 0.25) is 0 Å². The Kier molecular flexibility index (Phi) is 4.04. The number of nitrogens with zero attached hydrogens (tertiary/aromatic N) is 1. The van der Waals surface area contributed by atoms with Gasteiger partial charge in [-0.25, -0.2) is 4.79 Å². The molecule has 23 heavy (non-hydrogen) atoms. The van der Waals surface area contributed by atoms with Gasteiger partial charge >= 0.3 is 6.03 Å². The molecular formula is C18H24N2O3. The van der Waals surface area contributed by atoms with Gasteiger partial charge in [0.1, 0.15) is 11.3 Å². The number of imide groups is 1. The average Bonchev–Trinajstić information content (AvgIpc) is 3.06. The summed E-state index contributed by atoms with van der Waals surface area (Å²) < 4.78 is 5.13. The summed E-state index contributed by atoms with van der Waals surface area (Å²) in [4.78, 5) is 26.6. The second-order valence-corrected chi connectivity index (χ2v) is 6.89. The highest BCUT2D eigenvalue weighted by Gasteiger charge is 2.54. The second kappa shape index (κ2) is 5.87. The topological polar surface area (TPSA) is 58.6 Å². The molecule has 3 amide bonds. The third-order valence-electron chi connectivity index (χ3n) is 5.40. The molecule has 3 atom stereocenters. The summed E-state index contributed by atoms with van der Waals surface area (Å²) in [6, 6.07) is 7.16. The highest BCUT2D eigenvalue weighted by molar-refractivity contribution is 6.07. The maximum absolute atomic E-state index is 12.9. The maximum atomic E-state index is 12.9. The largest absolute Gasteiger partial charge is 0.497 e. The molecule has 0 bridgehead atoms. The Balaban J connectivity index is 1.78. The molecule has 3 rings (SSSR count). The number of nitrogens with one attached hydrogen (secondary N) is 1. The lowest BCUT2D eigenvalue weighted by Gasteiger charge is -2.31. The van der Waals surface area contributed by atoms with Gasteiger partial charge in [-0.3, -0.25) is 9.69 Å². The second-order valence-electron chi connectivity index (χ2n) is 6.89. The Hall–Kier alpha value is -2.04. The van der Waals surface area contributed by atoms with Gasteiger partial charge in [0, 0.05) is 0 Å². The highest BCUT2D eigenvalue weighted by atomic mass is 16.5. The standard InChI is InChI=1S/C18H24N2O3/c1-12-5-4-6-15(12)18(2)16(21)20(17(22)19-18)11-13-7-9-14(23-3)10-8-13/h7-10,12,15H,4-6,11H2,1-3H3,(H,19,22). The van der Waals surface area contributed by atoms with Crippen LogP contribution in [-0.2, 0) is 11.3 Å². The normalized spacial score (nSPS) is 30.7. The van der Waals surface area contributed by atoms with Gasteiger partial charge in [-0.1, -0.05) is 31.9 Å². The minimum atomic E-state index is -0.764. The van der Waals surface area contributed by atoms with Crippen molar-refractivity contribution in [3.63, 3.8) is 0 Å². The molecule has 1 aliphatic carbocycles. The number of rotatable bonds is 4. The molecule has 0 radical (unpaired) electrons. The predicted octanol–water partition coefficient (Wildman–Crippen LogP) is 2.94. The summed E-state index contributed by atoms with van der Waals surface area (Å²) in [6.07, 6.45) is 3.25. The first-order valence-corrected chi connectivity index (χ1v) is 8.22. The molecule has 1 aliphatic heterocycles. The van der Waals surface area contributed by atoms with Crippen molar-refractivity contribution in [1.82, 2.24) is 10.2 Å². The van der Waals surface area contributed by atoms with Gasteiger partial charge in [-0.05, 0) is 42.9 Å². The summed E-state index contributed by atoms with van der Waals surface area (Å²) in [6.45, 7) is 4.35. The van der Waals surface area contributed by atoms with Crippen molar-refractivity contribution in [3.05, 3.63) is 29.8 Å². The highest BCUT2D eigenvalue weighted by Crippen LogP contribution is 2.41. The summed E-state index contributed by atoms with van der Waals surface area (Å²) >= 11 is 0. The molecule has 1 saturated carbocycles. The molecule has 0 aromatic heterocycles. The van der Waals surface area contributed by atoms with Crippen molar-refractivity contribution in [2.45, 2.75) is 45.2 Å². The fraction of sp³-hybridized carbons (Fsp3) is 0.556. The van der Waals surface area contributed by atoms with E-state index in [0.717, 1.165) is 30.6 Å². The van der Waals surface area contributed by atoms with Crippen molar-refractivity contribution in [1.29, 1.82) is 0 Å². The van der Waals surface area contributed by atoms with E-state index in [1.54, 1.807) is 7.11 Å². The zero-order chi connectivity index (χ0) is 16.6. The number of carbonyl (C=O) groups excluding carboxylic acids is 2. The monoisotopic (exact) mass is 316 g/mol. The fourth-order valence-corrected chi connectivity index (χ4v) is 4.03. The zero-order valence-electron chi connectivity index (χ0n) is 14.0. The van der Waals surface area contributed by atoms with Gasteiger partial charge in [0.15, 0.2) is 0 Å². The van der Waals surface area contributed by atoms with Crippen LogP contribution in [0.3, 0.4) is 0 Å². The van der Waals surface area contributed by atoms with E-state index in [9.17, 15) is 9.59 Å². The van der Waals surface area contributed by atoms with Crippen LogP contribution in [0.5, 0.6) is 5.75 Å². The predicted molar refractivity (Wildman–Crippen MR) is 87.0 cm³/mol. The first-order chi connectivity index (χ1) is 11.0. The van der Waals surface area contributed by atoms with Crippen LogP contribution in [-0.4, -0.2) is 29.5 Å². The third kappa shape index (κ3) is 2.69. The van der Waals surface area contributed by atoms with Crippen molar-refractivity contribution < 1.29 is 14.3 Å². The van der Waals surface area contributed by atoms with E-state index >= 15 is 0 Å². The van der Waals surface area contributed by atoms with E-state index in [2.05, 4.69) is 12.2 Å². The Morgan fingerprint density at radius 3 is 2.52 bits per heavy atom. The van der Waals surface area contributed by atoms with Crippen LogP contribution < -0.4 is 10.1 Å². The molecule has 124 valence electrons. The van der Waals surface area contributed by atoms with E-state index in [1.807, 2.05) is 31.2 Å². The quantitative estimate of drug-likeness (QED) is 0.869. The van der Waals surface area contributed by atoms with Gasteiger partial charge in [-0.15, -0.1) is 0 Å². The summed E-state index contributed by atoms with van der Waals surface area (Å²) in [5, 5.41) is 2.96. The maximum Gasteiger partial charge on any atom is 0.325 e. The lowest BCUT2D eigenvalue weighted by Crippen LogP contribution is -2.51. The molecule has 1 aromatic carbocycles. The van der Waals surface area contributed by atoms with E-state index in [-0.39, 0.29) is 17.9 Å². The smallest absolute Gasteiger partial charge is 0.325 e. The van der Waals surface area contributed by atoms with E-state index < -0.39 is 5.54 Å².